The molecule has 0 atom stereocenters. The predicted molar refractivity (Wildman–Crippen MR) is 110 cm³/mol. The van der Waals surface area contributed by atoms with Gasteiger partial charge in [0.2, 0.25) is 0 Å². The number of carbonyl (C=O) groups excluding carboxylic acids is 2. The standard InChI is InChI=1S/C21H19ClF2N4O4/c22-13-2-1-3-14-11(13)8-15(25-14)19(30)28-7-4-16-12(9-28)17(27-32-16)18(29)26-21(5-6-21)10-31-20(23)24/h1-3,8,20,25H,4-7,9-10H2,(H,26,29). The van der Waals surface area contributed by atoms with Gasteiger partial charge in [0, 0.05) is 34.5 Å². The molecule has 32 heavy (non-hydrogen) atoms. The van der Waals surface area contributed by atoms with E-state index in [0.29, 0.717) is 47.8 Å². The third-order valence-electron chi connectivity index (χ3n) is 5.89. The van der Waals surface area contributed by atoms with Gasteiger partial charge in [-0.15, -0.1) is 0 Å². The van der Waals surface area contributed by atoms with Crippen molar-refractivity contribution in [3.8, 4) is 0 Å². The van der Waals surface area contributed by atoms with Crippen LogP contribution in [0.15, 0.2) is 28.8 Å². The van der Waals surface area contributed by atoms with Crippen molar-refractivity contribution in [3.05, 3.63) is 52.0 Å². The molecule has 0 radical (unpaired) electrons. The number of amides is 2. The highest BCUT2D eigenvalue weighted by Crippen LogP contribution is 2.37. The van der Waals surface area contributed by atoms with Crippen LogP contribution >= 0.6 is 11.6 Å². The van der Waals surface area contributed by atoms with E-state index in [0.717, 1.165) is 10.9 Å². The van der Waals surface area contributed by atoms with Gasteiger partial charge in [-0.25, -0.2) is 0 Å². The molecule has 5 rings (SSSR count). The minimum atomic E-state index is -2.90. The van der Waals surface area contributed by atoms with Gasteiger partial charge in [0.1, 0.15) is 11.5 Å². The van der Waals surface area contributed by atoms with E-state index in [1.54, 1.807) is 23.1 Å². The number of carbonyl (C=O) groups is 2. The quantitative estimate of drug-likeness (QED) is 0.581. The number of rotatable bonds is 6. The van der Waals surface area contributed by atoms with E-state index < -0.39 is 18.1 Å². The van der Waals surface area contributed by atoms with Crippen LogP contribution in [0.5, 0.6) is 0 Å². The first kappa shape index (κ1) is 20.9. The molecule has 2 amide bonds. The van der Waals surface area contributed by atoms with Gasteiger partial charge in [0.05, 0.1) is 18.7 Å². The van der Waals surface area contributed by atoms with E-state index in [1.807, 2.05) is 6.07 Å². The molecule has 2 aliphatic rings. The zero-order valence-corrected chi connectivity index (χ0v) is 17.5. The van der Waals surface area contributed by atoms with Gasteiger partial charge in [-0.2, -0.15) is 8.78 Å². The molecule has 3 heterocycles. The topological polar surface area (TPSA) is 100 Å². The molecule has 168 valence electrons. The second-order valence-electron chi connectivity index (χ2n) is 8.10. The molecule has 2 aromatic heterocycles. The summed E-state index contributed by atoms with van der Waals surface area (Å²) in [4.78, 5) is 30.6. The van der Waals surface area contributed by atoms with Crippen LogP contribution in [0, 0.1) is 0 Å². The first-order valence-electron chi connectivity index (χ1n) is 10.1. The molecule has 0 unspecified atom stereocenters. The summed E-state index contributed by atoms with van der Waals surface area (Å²) in [7, 11) is 0. The molecule has 0 saturated heterocycles. The molecule has 1 fully saturated rings. The molecule has 3 aromatic rings. The van der Waals surface area contributed by atoms with Crippen molar-refractivity contribution < 1.29 is 27.6 Å². The van der Waals surface area contributed by atoms with Crippen molar-refractivity contribution in [1.82, 2.24) is 20.4 Å². The van der Waals surface area contributed by atoms with Crippen LogP contribution in [-0.2, 0) is 17.7 Å². The summed E-state index contributed by atoms with van der Waals surface area (Å²) in [5, 5.41) is 7.90. The second-order valence-corrected chi connectivity index (χ2v) is 8.51. The number of nitrogens with one attached hydrogen (secondary N) is 2. The van der Waals surface area contributed by atoms with Gasteiger partial charge in [-0.3, -0.25) is 9.59 Å². The number of halogens is 3. The van der Waals surface area contributed by atoms with E-state index in [-0.39, 0.29) is 24.8 Å². The lowest BCUT2D eigenvalue weighted by atomic mass is 10.0. The largest absolute Gasteiger partial charge is 0.360 e. The highest BCUT2D eigenvalue weighted by molar-refractivity contribution is 6.35. The number of alkyl halides is 2. The number of aromatic amines is 1. The Kier molecular flexibility index (Phi) is 5.13. The maximum absolute atomic E-state index is 13.1. The van der Waals surface area contributed by atoms with Crippen molar-refractivity contribution in [2.45, 2.75) is 38.0 Å². The van der Waals surface area contributed by atoms with Crippen LogP contribution in [0.3, 0.4) is 0 Å². The van der Waals surface area contributed by atoms with Gasteiger partial charge in [0.15, 0.2) is 5.69 Å². The summed E-state index contributed by atoms with van der Waals surface area (Å²) < 4.78 is 34.4. The Labute approximate surface area is 185 Å². The highest BCUT2D eigenvalue weighted by atomic mass is 35.5. The Morgan fingerprint density at radius 2 is 2.19 bits per heavy atom. The summed E-state index contributed by atoms with van der Waals surface area (Å²) in [5.41, 5.74) is 0.902. The van der Waals surface area contributed by atoms with E-state index in [2.05, 4.69) is 20.2 Å². The second kappa shape index (κ2) is 7.86. The summed E-state index contributed by atoms with van der Waals surface area (Å²) >= 11 is 6.21. The van der Waals surface area contributed by atoms with Gasteiger partial charge in [-0.1, -0.05) is 22.8 Å². The monoisotopic (exact) mass is 464 g/mol. The van der Waals surface area contributed by atoms with Crippen molar-refractivity contribution >= 4 is 34.3 Å². The predicted octanol–water partition coefficient (Wildman–Crippen LogP) is 3.51. The number of aromatic nitrogens is 2. The Hall–Kier alpha value is -2.98. The first-order chi connectivity index (χ1) is 15.3. The van der Waals surface area contributed by atoms with Gasteiger partial charge >= 0.3 is 6.61 Å². The molecule has 1 aromatic carbocycles. The van der Waals surface area contributed by atoms with Crippen LogP contribution in [0.2, 0.25) is 5.02 Å². The average Bonchev–Trinajstić information content (AvgIpc) is 3.20. The lowest BCUT2D eigenvalue weighted by Crippen LogP contribution is -2.42. The third kappa shape index (κ3) is 3.84. The van der Waals surface area contributed by atoms with E-state index in [4.69, 9.17) is 16.1 Å². The Balaban J connectivity index is 1.32. The van der Waals surface area contributed by atoms with Crippen LogP contribution in [-0.4, -0.2) is 52.2 Å². The van der Waals surface area contributed by atoms with Crippen LogP contribution in [0.4, 0.5) is 8.78 Å². The molecule has 1 aliphatic heterocycles. The van der Waals surface area contributed by atoms with E-state index in [9.17, 15) is 18.4 Å². The van der Waals surface area contributed by atoms with Crippen LogP contribution in [0.1, 0.15) is 45.1 Å². The Morgan fingerprint density at radius 1 is 1.38 bits per heavy atom. The summed E-state index contributed by atoms with van der Waals surface area (Å²) in [6, 6.07) is 7.08. The molecule has 0 bridgehead atoms. The van der Waals surface area contributed by atoms with Crippen molar-refractivity contribution in [3.63, 3.8) is 0 Å². The number of nitrogens with zero attached hydrogens (tertiary/aromatic N) is 2. The maximum Gasteiger partial charge on any atom is 0.345 e. The number of H-pyrrole nitrogens is 1. The molecule has 8 nitrogen and oxygen atoms in total. The summed E-state index contributed by atoms with van der Waals surface area (Å²) in [6.45, 7) is -2.63. The number of fused-ring (bicyclic) bond motifs is 2. The summed E-state index contributed by atoms with van der Waals surface area (Å²) in [6.07, 6.45) is 1.49. The van der Waals surface area contributed by atoms with Gasteiger partial charge < -0.3 is 24.5 Å². The Morgan fingerprint density at radius 3 is 2.91 bits per heavy atom. The molecule has 1 aliphatic carbocycles. The van der Waals surface area contributed by atoms with Crippen molar-refractivity contribution in [1.29, 1.82) is 0 Å². The van der Waals surface area contributed by atoms with Gasteiger partial charge in [0.25, 0.3) is 11.8 Å². The fourth-order valence-electron chi connectivity index (χ4n) is 3.94. The fourth-order valence-corrected chi connectivity index (χ4v) is 4.17. The van der Waals surface area contributed by atoms with Gasteiger partial charge in [-0.05, 0) is 31.0 Å². The minimum absolute atomic E-state index is 0.0560. The molecular weight excluding hydrogens is 446 g/mol. The molecule has 0 spiro atoms. The molecule has 2 N–H and O–H groups in total. The average molecular weight is 465 g/mol. The van der Waals surface area contributed by atoms with Crippen LogP contribution in [0.25, 0.3) is 10.9 Å². The van der Waals surface area contributed by atoms with E-state index in [1.165, 1.54) is 0 Å². The first-order valence-corrected chi connectivity index (χ1v) is 10.5. The van der Waals surface area contributed by atoms with Crippen LogP contribution < -0.4 is 5.32 Å². The lowest BCUT2D eigenvalue weighted by Gasteiger charge is -2.26. The third-order valence-corrected chi connectivity index (χ3v) is 6.22. The molecule has 11 heteroatoms. The zero-order chi connectivity index (χ0) is 22.5. The SMILES string of the molecule is O=C(NC1(COC(F)F)CC1)c1noc2c1CN(C(=O)c1cc3c(Cl)cccc3[nH]1)CC2. The number of benzene rings is 1. The normalized spacial score (nSPS) is 16.9. The molecule has 1 saturated carbocycles. The van der Waals surface area contributed by atoms with Crippen molar-refractivity contribution in [2.24, 2.45) is 0 Å². The fraction of sp³-hybridized carbons (Fsp3) is 0.381. The minimum Gasteiger partial charge on any atom is -0.360 e. The Bertz CT molecular complexity index is 1200. The number of hydrogen-bond acceptors (Lipinski definition) is 5. The van der Waals surface area contributed by atoms with Crippen molar-refractivity contribution in [2.75, 3.05) is 13.2 Å². The lowest BCUT2D eigenvalue weighted by molar-refractivity contribution is -0.135. The molecular formula is C21H19ClF2N4O4. The smallest absolute Gasteiger partial charge is 0.345 e. The van der Waals surface area contributed by atoms with E-state index >= 15 is 0 Å². The maximum atomic E-state index is 13.1. The number of hydrogen-bond donors (Lipinski definition) is 2. The number of ether oxygens (including phenoxy) is 1. The summed E-state index contributed by atoms with van der Waals surface area (Å²) in [5.74, 6) is -0.232. The zero-order valence-electron chi connectivity index (χ0n) is 16.8. The highest BCUT2D eigenvalue weighted by Gasteiger charge is 2.46.